The van der Waals surface area contributed by atoms with Gasteiger partial charge >= 0.3 is 6.18 Å². The summed E-state index contributed by atoms with van der Waals surface area (Å²) in [5.74, 6) is 0.277. The zero-order valence-corrected chi connectivity index (χ0v) is 24.0. The van der Waals surface area contributed by atoms with E-state index in [9.17, 15) is 26.4 Å². The largest absolute Gasteiger partial charge is 0.416 e. The minimum absolute atomic E-state index is 0.0943. The molecule has 2 saturated heterocycles. The number of hydrogen-bond donors (Lipinski definition) is 1. The minimum Gasteiger partial charge on any atom is -0.354 e. The van der Waals surface area contributed by atoms with E-state index in [1.54, 1.807) is 6.07 Å². The number of carbonyl (C=O) groups excluding carboxylic acids is 1. The van der Waals surface area contributed by atoms with E-state index in [1.807, 2.05) is 6.07 Å². The molecule has 7 nitrogen and oxygen atoms in total. The molecule has 40 heavy (non-hydrogen) atoms. The third-order valence-electron chi connectivity index (χ3n) is 7.31. The van der Waals surface area contributed by atoms with Gasteiger partial charge in [0.05, 0.1) is 15.6 Å². The van der Waals surface area contributed by atoms with Crippen LogP contribution in [0.3, 0.4) is 0 Å². The zero-order valence-electron chi connectivity index (χ0n) is 21.6. The summed E-state index contributed by atoms with van der Waals surface area (Å²) in [6.45, 7) is 3.24. The minimum atomic E-state index is -4.44. The molecule has 0 saturated carbocycles. The molecule has 2 fully saturated rings. The number of aromatic nitrogens is 1. The Hall–Kier alpha value is -2.67. The topological polar surface area (TPSA) is 82.6 Å². The monoisotopic (exact) mass is 612 g/mol. The van der Waals surface area contributed by atoms with Crippen molar-refractivity contribution in [3.05, 3.63) is 64.0 Å². The van der Waals surface area contributed by atoms with E-state index in [-0.39, 0.29) is 23.3 Å². The number of carbonyl (C=O) groups is 1. The fourth-order valence-corrected chi connectivity index (χ4v) is 8.49. The van der Waals surface area contributed by atoms with Crippen molar-refractivity contribution in [1.82, 2.24) is 14.6 Å². The average Bonchev–Trinajstić information content (AvgIpc) is 3.68. The molecule has 4 heterocycles. The van der Waals surface area contributed by atoms with Gasteiger partial charge in [-0.3, -0.25) is 4.79 Å². The van der Waals surface area contributed by atoms with E-state index in [0.717, 1.165) is 42.9 Å². The first-order valence-electron chi connectivity index (χ1n) is 12.9. The van der Waals surface area contributed by atoms with Crippen LogP contribution in [0.25, 0.3) is 11.3 Å². The quantitative estimate of drug-likeness (QED) is 0.357. The third-order valence-corrected chi connectivity index (χ3v) is 10.9. The van der Waals surface area contributed by atoms with Crippen molar-refractivity contribution in [3.8, 4) is 11.3 Å². The molecule has 1 N–H and O–H groups in total. The summed E-state index contributed by atoms with van der Waals surface area (Å²) in [5, 5.41) is 2.87. The lowest BCUT2D eigenvalue weighted by molar-refractivity contribution is -0.137. The molecule has 5 rings (SSSR count). The van der Waals surface area contributed by atoms with Crippen LogP contribution < -0.4 is 10.2 Å². The van der Waals surface area contributed by atoms with Crippen molar-refractivity contribution in [2.45, 2.75) is 61.6 Å². The second-order valence-corrected chi connectivity index (χ2v) is 13.9. The van der Waals surface area contributed by atoms with Gasteiger partial charge in [0.1, 0.15) is 16.1 Å². The van der Waals surface area contributed by atoms with Crippen LogP contribution in [0.1, 0.15) is 43.7 Å². The van der Waals surface area contributed by atoms with E-state index in [0.29, 0.717) is 39.8 Å². The van der Waals surface area contributed by atoms with Crippen LogP contribution in [0.2, 0.25) is 4.34 Å². The van der Waals surface area contributed by atoms with Crippen LogP contribution in [0.4, 0.5) is 19.0 Å². The summed E-state index contributed by atoms with van der Waals surface area (Å²) < 4.78 is 67.3. The first-order chi connectivity index (χ1) is 18.9. The highest BCUT2D eigenvalue weighted by Crippen LogP contribution is 2.34. The van der Waals surface area contributed by atoms with Gasteiger partial charge in [-0.15, -0.1) is 11.3 Å². The number of nitrogens with one attached hydrogen (secondary N) is 1. The molecule has 0 radical (unpaired) electrons. The number of anilines is 1. The summed E-state index contributed by atoms with van der Waals surface area (Å²) in [5.41, 5.74) is 0.991. The maximum absolute atomic E-state index is 13.2. The van der Waals surface area contributed by atoms with Crippen LogP contribution >= 0.6 is 22.9 Å². The number of benzene rings is 1. The first kappa shape index (κ1) is 28.8. The van der Waals surface area contributed by atoms with E-state index in [2.05, 4.69) is 17.1 Å². The number of thiophene rings is 1. The summed E-state index contributed by atoms with van der Waals surface area (Å²) in [7, 11) is -3.87. The normalized spacial score (nSPS) is 20.3. The molecule has 3 aromatic rings. The van der Waals surface area contributed by atoms with Crippen LogP contribution in [-0.2, 0) is 27.5 Å². The SMILES string of the molecule is CC1CCCN1c1cc(CNC(=O)[C@@H]2CCCN2S(=O)(=O)c2ccc(Cl)s2)cc(-c2ccc(C(F)(F)F)cc2)n1. The van der Waals surface area contributed by atoms with Gasteiger partial charge in [0.25, 0.3) is 10.0 Å². The van der Waals surface area contributed by atoms with Crippen molar-refractivity contribution < 1.29 is 26.4 Å². The summed E-state index contributed by atoms with van der Waals surface area (Å²) in [6.07, 6.45) is -1.49. The smallest absolute Gasteiger partial charge is 0.354 e. The number of rotatable bonds is 7. The fourth-order valence-electron chi connectivity index (χ4n) is 5.22. The summed E-state index contributed by atoms with van der Waals surface area (Å²) in [4.78, 5) is 20.1. The predicted molar refractivity (Wildman–Crippen MR) is 149 cm³/mol. The Morgan fingerprint density at radius 2 is 1.82 bits per heavy atom. The van der Waals surface area contributed by atoms with E-state index >= 15 is 0 Å². The Bertz CT molecular complexity index is 1500. The van der Waals surface area contributed by atoms with Gasteiger partial charge < -0.3 is 10.2 Å². The van der Waals surface area contributed by atoms with Gasteiger partial charge in [-0.2, -0.15) is 17.5 Å². The molecule has 0 aliphatic carbocycles. The molecule has 1 amide bonds. The predicted octanol–water partition coefficient (Wildman–Crippen LogP) is 5.94. The molecule has 2 atom stereocenters. The molecule has 13 heteroatoms. The molecular weight excluding hydrogens is 585 g/mol. The molecule has 2 aliphatic heterocycles. The average molecular weight is 613 g/mol. The molecule has 2 aromatic heterocycles. The second kappa shape index (κ2) is 11.3. The van der Waals surface area contributed by atoms with Crippen LogP contribution in [0.5, 0.6) is 0 Å². The molecule has 214 valence electrons. The maximum Gasteiger partial charge on any atom is 0.416 e. The van der Waals surface area contributed by atoms with E-state index in [1.165, 1.54) is 28.6 Å². The second-order valence-electron chi connectivity index (χ2n) is 10.0. The highest BCUT2D eigenvalue weighted by molar-refractivity contribution is 7.91. The molecule has 0 spiro atoms. The first-order valence-corrected chi connectivity index (χ1v) is 15.6. The highest BCUT2D eigenvalue weighted by Gasteiger charge is 2.40. The lowest BCUT2D eigenvalue weighted by Gasteiger charge is -2.25. The number of alkyl halides is 3. The van der Waals surface area contributed by atoms with Gasteiger partial charge in [-0.05, 0) is 74.6 Å². The highest BCUT2D eigenvalue weighted by atomic mass is 35.5. The number of sulfonamides is 1. The molecule has 2 aliphatic rings. The summed E-state index contributed by atoms with van der Waals surface area (Å²) in [6, 6.07) is 10.8. The Balaban J connectivity index is 1.38. The number of hydrogen-bond acceptors (Lipinski definition) is 6. The van der Waals surface area contributed by atoms with Crippen LogP contribution in [0.15, 0.2) is 52.7 Å². The lowest BCUT2D eigenvalue weighted by Crippen LogP contribution is -2.45. The number of nitrogens with zero attached hydrogens (tertiary/aromatic N) is 3. The Kier molecular flexibility index (Phi) is 8.15. The van der Waals surface area contributed by atoms with Gasteiger partial charge in [0, 0.05) is 31.2 Å². The summed E-state index contributed by atoms with van der Waals surface area (Å²) >= 11 is 6.89. The number of amides is 1. The van der Waals surface area contributed by atoms with E-state index in [4.69, 9.17) is 16.6 Å². The lowest BCUT2D eigenvalue weighted by atomic mass is 10.1. The fraction of sp³-hybridized carbons (Fsp3) is 0.407. The van der Waals surface area contributed by atoms with Crippen molar-refractivity contribution >= 4 is 44.7 Å². The van der Waals surface area contributed by atoms with Gasteiger partial charge in [-0.25, -0.2) is 13.4 Å². The molecule has 1 aromatic carbocycles. The van der Waals surface area contributed by atoms with Crippen molar-refractivity contribution in [1.29, 1.82) is 0 Å². The van der Waals surface area contributed by atoms with Gasteiger partial charge in [0.2, 0.25) is 5.91 Å². The van der Waals surface area contributed by atoms with Crippen molar-refractivity contribution in [2.75, 3.05) is 18.0 Å². The number of pyridine rings is 1. The Morgan fingerprint density at radius 3 is 2.45 bits per heavy atom. The van der Waals surface area contributed by atoms with Gasteiger partial charge in [0.15, 0.2) is 0 Å². The van der Waals surface area contributed by atoms with E-state index < -0.39 is 33.7 Å². The van der Waals surface area contributed by atoms with Crippen LogP contribution in [-0.4, -0.2) is 48.8 Å². The maximum atomic E-state index is 13.2. The third kappa shape index (κ3) is 6.00. The zero-order chi connectivity index (χ0) is 28.7. The van der Waals surface area contributed by atoms with Crippen LogP contribution in [0, 0.1) is 0 Å². The van der Waals surface area contributed by atoms with Crippen molar-refractivity contribution in [3.63, 3.8) is 0 Å². The Morgan fingerprint density at radius 1 is 1.10 bits per heavy atom. The molecular formula is C27H28ClF3N4O3S2. The van der Waals surface area contributed by atoms with Crippen molar-refractivity contribution in [2.24, 2.45) is 0 Å². The number of halogens is 4. The Labute approximate surface area is 240 Å². The standard InChI is InChI=1S/C27H28ClF3N4O3S2/c1-17-4-2-12-34(17)24-15-18(14-21(33-24)19-6-8-20(9-7-19)27(29,30)31)16-32-26(36)22-5-3-13-35(22)40(37,38)25-11-10-23(28)39-25/h6-11,14-15,17,22H,2-5,12-13,16H2,1H3,(H,32,36)/t17?,22-/m0/s1. The van der Waals surface area contributed by atoms with Gasteiger partial charge in [-0.1, -0.05) is 23.7 Å². The molecule has 0 bridgehead atoms. The molecule has 1 unspecified atom stereocenters.